The van der Waals surface area contributed by atoms with Gasteiger partial charge in [-0.25, -0.2) is 9.78 Å². The van der Waals surface area contributed by atoms with Crippen molar-refractivity contribution in [3.05, 3.63) is 94.7 Å². The number of rotatable bonds is 7. The molecule has 0 atom stereocenters. The van der Waals surface area contributed by atoms with Gasteiger partial charge in [-0.05, 0) is 56.3 Å². The second-order valence-electron chi connectivity index (χ2n) is 7.82. The van der Waals surface area contributed by atoms with Gasteiger partial charge in [-0.3, -0.25) is 0 Å². The third-order valence-electron chi connectivity index (χ3n) is 5.71. The SMILES string of the molecule is CCN(CC)c1ccc2cc(-c3nc(-c4ccc(Sc5ccccc5)cc4)cs3)c(=O)oc2c1. The molecular formula is C28H24N2O2S2. The van der Waals surface area contributed by atoms with Crippen molar-refractivity contribution in [1.82, 2.24) is 4.98 Å². The van der Waals surface area contributed by atoms with Crippen LogP contribution in [-0.2, 0) is 0 Å². The summed E-state index contributed by atoms with van der Waals surface area (Å²) in [6, 6.07) is 26.6. The Labute approximate surface area is 206 Å². The third-order valence-corrected chi connectivity index (χ3v) is 7.60. The smallest absolute Gasteiger partial charge is 0.346 e. The summed E-state index contributed by atoms with van der Waals surface area (Å²) in [6.45, 7) is 6.03. The molecule has 0 bridgehead atoms. The number of aromatic nitrogens is 1. The number of anilines is 1. The molecule has 0 saturated carbocycles. The minimum atomic E-state index is -0.361. The molecule has 34 heavy (non-hydrogen) atoms. The van der Waals surface area contributed by atoms with Crippen LogP contribution in [0.4, 0.5) is 5.69 Å². The lowest BCUT2D eigenvalue weighted by Gasteiger charge is -2.20. The first-order chi connectivity index (χ1) is 16.6. The highest BCUT2D eigenvalue weighted by atomic mass is 32.2. The van der Waals surface area contributed by atoms with E-state index in [-0.39, 0.29) is 5.63 Å². The molecule has 0 aliphatic heterocycles. The molecule has 0 amide bonds. The van der Waals surface area contributed by atoms with Crippen LogP contribution in [0.25, 0.3) is 32.8 Å². The molecule has 4 nitrogen and oxygen atoms in total. The van der Waals surface area contributed by atoms with Crippen LogP contribution in [0, 0.1) is 0 Å². The molecule has 0 unspecified atom stereocenters. The average molecular weight is 485 g/mol. The van der Waals surface area contributed by atoms with Crippen LogP contribution in [0.2, 0.25) is 0 Å². The number of hydrogen-bond acceptors (Lipinski definition) is 6. The number of fused-ring (bicyclic) bond motifs is 1. The van der Waals surface area contributed by atoms with Crippen molar-refractivity contribution in [2.45, 2.75) is 23.6 Å². The van der Waals surface area contributed by atoms with E-state index in [1.165, 1.54) is 21.1 Å². The molecule has 0 fully saturated rings. The molecule has 0 radical (unpaired) electrons. The summed E-state index contributed by atoms with van der Waals surface area (Å²) in [7, 11) is 0. The van der Waals surface area contributed by atoms with E-state index in [0.717, 1.165) is 35.4 Å². The van der Waals surface area contributed by atoms with Crippen molar-refractivity contribution in [3.63, 3.8) is 0 Å². The predicted molar refractivity (Wildman–Crippen MR) is 143 cm³/mol. The Balaban J connectivity index is 1.40. The van der Waals surface area contributed by atoms with E-state index in [9.17, 15) is 4.79 Å². The average Bonchev–Trinajstić information content (AvgIpc) is 3.35. The van der Waals surface area contributed by atoms with Crippen molar-refractivity contribution in [3.8, 4) is 21.8 Å². The Morgan fingerprint density at radius 2 is 1.65 bits per heavy atom. The Hall–Kier alpha value is -3.35. The van der Waals surface area contributed by atoms with Gasteiger partial charge in [0.25, 0.3) is 0 Å². The number of benzene rings is 3. The molecule has 0 N–H and O–H groups in total. The van der Waals surface area contributed by atoms with E-state index in [4.69, 9.17) is 9.40 Å². The fourth-order valence-electron chi connectivity index (χ4n) is 3.88. The van der Waals surface area contributed by atoms with Crippen molar-refractivity contribution < 1.29 is 4.42 Å². The lowest BCUT2D eigenvalue weighted by Crippen LogP contribution is -2.21. The highest BCUT2D eigenvalue weighted by Crippen LogP contribution is 2.32. The molecule has 6 heteroatoms. The molecule has 0 aliphatic carbocycles. The number of nitrogens with zero attached hydrogens (tertiary/aromatic N) is 2. The lowest BCUT2D eigenvalue weighted by molar-refractivity contribution is 0.563. The first-order valence-electron chi connectivity index (χ1n) is 11.3. The molecule has 5 rings (SSSR count). The van der Waals surface area contributed by atoms with Gasteiger partial charge in [0.15, 0.2) is 0 Å². The number of hydrogen-bond donors (Lipinski definition) is 0. The Morgan fingerprint density at radius 3 is 2.38 bits per heavy atom. The summed E-state index contributed by atoms with van der Waals surface area (Å²) in [4.78, 5) is 22.2. The van der Waals surface area contributed by atoms with Gasteiger partial charge in [-0.2, -0.15) is 0 Å². The summed E-state index contributed by atoms with van der Waals surface area (Å²) in [5.74, 6) is 0. The third kappa shape index (κ3) is 4.65. The Bertz CT molecular complexity index is 1470. The predicted octanol–water partition coefficient (Wildman–Crippen LogP) is 7.58. The second-order valence-corrected chi connectivity index (χ2v) is 9.82. The van der Waals surface area contributed by atoms with Crippen LogP contribution >= 0.6 is 23.1 Å². The maximum Gasteiger partial charge on any atom is 0.346 e. The van der Waals surface area contributed by atoms with Gasteiger partial charge < -0.3 is 9.32 Å². The van der Waals surface area contributed by atoms with Crippen LogP contribution in [0.5, 0.6) is 0 Å². The highest BCUT2D eigenvalue weighted by Gasteiger charge is 2.14. The van der Waals surface area contributed by atoms with Gasteiger partial charge in [-0.1, -0.05) is 42.1 Å². The maximum atomic E-state index is 12.8. The number of thiazole rings is 1. The van der Waals surface area contributed by atoms with Gasteiger partial charge in [0.1, 0.15) is 10.6 Å². The van der Waals surface area contributed by atoms with Gasteiger partial charge in [-0.15, -0.1) is 11.3 Å². The summed E-state index contributed by atoms with van der Waals surface area (Å²) in [6.07, 6.45) is 0. The molecule has 0 spiro atoms. The van der Waals surface area contributed by atoms with Crippen LogP contribution < -0.4 is 10.5 Å². The summed E-state index contributed by atoms with van der Waals surface area (Å²) in [5.41, 5.74) is 3.66. The Morgan fingerprint density at radius 1 is 0.912 bits per heavy atom. The van der Waals surface area contributed by atoms with Gasteiger partial charge in [0.05, 0.1) is 11.3 Å². The largest absolute Gasteiger partial charge is 0.422 e. The van der Waals surface area contributed by atoms with Crippen LogP contribution in [0.1, 0.15) is 13.8 Å². The topological polar surface area (TPSA) is 46.3 Å². The monoisotopic (exact) mass is 484 g/mol. The van der Waals surface area contributed by atoms with E-state index in [1.54, 1.807) is 11.8 Å². The molecule has 3 aromatic carbocycles. The van der Waals surface area contributed by atoms with E-state index in [2.05, 4.69) is 61.2 Å². The van der Waals surface area contributed by atoms with Crippen molar-refractivity contribution >= 4 is 39.8 Å². The fraction of sp³-hybridized carbons (Fsp3) is 0.143. The molecule has 5 aromatic rings. The lowest BCUT2D eigenvalue weighted by atomic mass is 10.1. The fourth-order valence-corrected chi connectivity index (χ4v) is 5.55. The zero-order valence-electron chi connectivity index (χ0n) is 19.0. The first kappa shape index (κ1) is 22.4. The van der Waals surface area contributed by atoms with Gasteiger partial charge in [0, 0.05) is 51.0 Å². The van der Waals surface area contributed by atoms with Crippen molar-refractivity contribution in [2.75, 3.05) is 18.0 Å². The summed E-state index contributed by atoms with van der Waals surface area (Å²) >= 11 is 3.19. The van der Waals surface area contributed by atoms with Gasteiger partial charge in [0.2, 0.25) is 0 Å². The molecule has 0 aliphatic rings. The van der Waals surface area contributed by atoms with E-state index in [1.807, 2.05) is 41.8 Å². The van der Waals surface area contributed by atoms with Crippen LogP contribution in [0.3, 0.4) is 0 Å². The molecular weight excluding hydrogens is 460 g/mol. The Kier molecular flexibility index (Phi) is 6.52. The zero-order valence-corrected chi connectivity index (χ0v) is 20.7. The molecule has 170 valence electrons. The van der Waals surface area contributed by atoms with Crippen molar-refractivity contribution in [2.24, 2.45) is 0 Å². The quantitative estimate of drug-likeness (QED) is 0.223. The minimum absolute atomic E-state index is 0.361. The summed E-state index contributed by atoms with van der Waals surface area (Å²) in [5, 5.41) is 3.55. The standard InChI is InChI=1S/C28H24N2O2S2/c1-3-30(4-2)21-13-10-20-16-24(28(31)32-26(20)17-21)27-29-25(18-33-27)19-11-14-23(15-12-19)34-22-8-6-5-7-9-22/h5-18H,3-4H2,1-2H3. The van der Waals surface area contributed by atoms with E-state index < -0.39 is 0 Å². The van der Waals surface area contributed by atoms with Crippen LogP contribution in [-0.4, -0.2) is 18.1 Å². The minimum Gasteiger partial charge on any atom is -0.422 e. The van der Waals surface area contributed by atoms with Crippen molar-refractivity contribution in [1.29, 1.82) is 0 Å². The van der Waals surface area contributed by atoms with Gasteiger partial charge >= 0.3 is 5.63 Å². The van der Waals surface area contributed by atoms with E-state index in [0.29, 0.717) is 16.2 Å². The van der Waals surface area contributed by atoms with E-state index >= 15 is 0 Å². The normalized spacial score (nSPS) is 11.1. The molecule has 2 heterocycles. The van der Waals surface area contributed by atoms with Crippen LogP contribution in [0.15, 0.2) is 103 Å². The first-order valence-corrected chi connectivity index (χ1v) is 13.0. The summed E-state index contributed by atoms with van der Waals surface area (Å²) < 4.78 is 5.70. The molecule has 0 saturated heterocycles. The second kappa shape index (κ2) is 9.87. The maximum absolute atomic E-state index is 12.8. The zero-order chi connectivity index (χ0) is 23.5. The highest BCUT2D eigenvalue weighted by molar-refractivity contribution is 7.99. The molecule has 2 aromatic heterocycles.